The van der Waals surface area contributed by atoms with Crippen molar-refractivity contribution >= 4 is 12.2 Å². The Hall–Kier alpha value is -1.75. The molecule has 5 heteroatoms. The highest BCUT2D eigenvalue weighted by Crippen LogP contribution is 2.25. The molecule has 0 amide bonds. The number of aromatic nitrogens is 2. The first kappa shape index (κ1) is 13.7. The first-order valence-electron chi connectivity index (χ1n) is 6.17. The van der Waals surface area contributed by atoms with Crippen LogP contribution in [-0.2, 0) is 13.0 Å². The van der Waals surface area contributed by atoms with Gasteiger partial charge in [0.2, 0.25) is 0 Å². The molecule has 0 radical (unpaired) electrons. The smallest absolute Gasteiger partial charge is 0.177 e. The van der Waals surface area contributed by atoms with Crippen LogP contribution in [0.2, 0.25) is 0 Å². The van der Waals surface area contributed by atoms with Crippen molar-refractivity contribution in [2.75, 3.05) is 14.2 Å². The van der Waals surface area contributed by atoms with Gasteiger partial charge in [0.15, 0.2) is 4.77 Å². The van der Waals surface area contributed by atoms with E-state index < -0.39 is 0 Å². The van der Waals surface area contributed by atoms with Crippen LogP contribution in [0.25, 0.3) is 0 Å². The zero-order valence-electron chi connectivity index (χ0n) is 11.4. The Bertz CT molecular complexity index is 616. The van der Waals surface area contributed by atoms with Crippen molar-refractivity contribution in [1.29, 1.82) is 0 Å². The first-order chi connectivity index (χ1) is 9.19. The molecule has 1 aromatic heterocycles. The van der Waals surface area contributed by atoms with E-state index in [4.69, 9.17) is 21.7 Å². The number of H-pyrrole nitrogens is 1. The van der Waals surface area contributed by atoms with Crippen molar-refractivity contribution < 1.29 is 9.47 Å². The molecule has 0 saturated heterocycles. The molecular formula is C14H18N2O2S. The minimum absolute atomic E-state index is 0.693. The average Bonchev–Trinajstić information content (AvgIpc) is 2.80. The summed E-state index contributed by atoms with van der Waals surface area (Å²) in [6.07, 6.45) is 2.89. The molecule has 0 bridgehead atoms. The molecule has 19 heavy (non-hydrogen) atoms. The predicted molar refractivity (Wildman–Crippen MR) is 77.6 cm³/mol. The number of nitrogens with one attached hydrogen (secondary N) is 1. The number of nitrogens with zero attached hydrogens (tertiary/aromatic N) is 1. The second-order valence-corrected chi connectivity index (χ2v) is 4.59. The number of hydrogen-bond donors (Lipinski definition) is 1. The van der Waals surface area contributed by atoms with E-state index in [1.165, 1.54) is 5.69 Å². The van der Waals surface area contributed by atoms with Crippen molar-refractivity contribution in [3.8, 4) is 11.5 Å². The van der Waals surface area contributed by atoms with Gasteiger partial charge in [0.05, 0.1) is 20.8 Å². The predicted octanol–water partition coefficient (Wildman–Crippen LogP) is 3.17. The molecule has 1 N–H and O–H groups in total. The Kier molecular flexibility index (Phi) is 4.27. The molecule has 0 atom stereocenters. The Morgan fingerprint density at radius 1 is 1.26 bits per heavy atom. The van der Waals surface area contributed by atoms with E-state index in [1.807, 2.05) is 24.4 Å². The van der Waals surface area contributed by atoms with Crippen LogP contribution in [0.15, 0.2) is 24.4 Å². The van der Waals surface area contributed by atoms with Gasteiger partial charge < -0.3 is 19.0 Å². The van der Waals surface area contributed by atoms with Crippen LogP contribution in [0.3, 0.4) is 0 Å². The number of rotatable bonds is 5. The molecule has 0 aliphatic carbocycles. The summed E-state index contributed by atoms with van der Waals surface area (Å²) in [5.74, 6) is 1.60. The van der Waals surface area contributed by atoms with Gasteiger partial charge in [-0.05, 0) is 30.8 Å². The van der Waals surface area contributed by atoms with Gasteiger partial charge in [-0.3, -0.25) is 0 Å². The van der Waals surface area contributed by atoms with Crippen molar-refractivity contribution in [1.82, 2.24) is 9.55 Å². The summed E-state index contributed by atoms with van der Waals surface area (Å²) in [5, 5.41) is 0. The minimum atomic E-state index is 0.693. The Balaban J connectivity index is 2.37. The van der Waals surface area contributed by atoms with Crippen LogP contribution in [0.4, 0.5) is 0 Å². The Morgan fingerprint density at radius 3 is 2.68 bits per heavy atom. The zero-order chi connectivity index (χ0) is 13.8. The molecule has 1 heterocycles. The molecule has 2 aromatic rings. The topological polar surface area (TPSA) is 39.2 Å². The van der Waals surface area contributed by atoms with E-state index in [1.54, 1.807) is 14.2 Å². The van der Waals surface area contributed by atoms with Gasteiger partial charge in [0.25, 0.3) is 0 Å². The fraction of sp³-hybridized carbons (Fsp3) is 0.357. The van der Waals surface area contributed by atoms with Gasteiger partial charge >= 0.3 is 0 Å². The number of aryl methyl sites for hydroxylation is 1. The number of methoxy groups -OCH3 is 2. The molecule has 102 valence electrons. The molecule has 2 rings (SSSR count). The van der Waals surface area contributed by atoms with E-state index in [0.29, 0.717) is 6.54 Å². The maximum atomic E-state index is 5.41. The SMILES string of the molecule is CCc1c[nH]c(=S)n1Cc1ccc(OC)cc1OC. The third kappa shape index (κ3) is 2.81. The van der Waals surface area contributed by atoms with Crippen LogP contribution in [0.5, 0.6) is 11.5 Å². The molecule has 0 aliphatic rings. The van der Waals surface area contributed by atoms with Crippen LogP contribution < -0.4 is 9.47 Å². The lowest BCUT2D eigenvalue weighted by Gasteiger charge is -2.12. The summed E-state index contributed by atoms with van der Waals surface area (Å²) in [6.45, 7) is 2.80. The standard InChI is InChI=1S/C14H18N2O2S/c1-4-11-8-15-14(19)16(11)9-10-5-6-12(17-2)7-13(10)18-3/h5-8H,4,9H2,1-3H3,(H,15,19). The lowest BCUT2D eigenvalue weighted by Crippen LogP contribution is -2.05. The molecule has 4 nitrogen and oxygen atoms in total. The zero-order valence-corrected chi connectivity index (χ0v) is 12.2. The van der Waals surface area contributed by atoms with Crippen LogP contribution in [-0.4, -0.2) is 23.8 Å². The number of imidazole rings is 1. The number of benzene rings is 1. The average molecular weight is 278 g/mol. The monoisotopic (exact) mass is 278 g/mol. The highest BCUT2D eigenvalue weighted by molar-refractivity contribution is 7.71. The highest BCUT2D eigenvalue weighted by Gasteiger charge is 2.08. The van der Waals surface area contributed by atoms with E-state index in [-0.39, 0.29) is 0 Å². The third-order valence-corrected chi connectivity index (χ3v) is 3.48. The first-order valence-corrected chi connectivity index (χ1v) is 6.58. The molecule has 0 aliphatic heterocycles. The van der Waals surface area contributed by atoms with Gasteiger partial charge in [-0.2, -0.15) is 0 Å². The lowest BCUT2D eigenvalue weighted by molar-refractivity contribution is 0.390. The summed E-state index contributed by atoms with van der Waals surface area (Å²) in [6, 6.07) is 5.82. The van der Waals surface area contributed by atoms with Gasteiger partial charge in [-0.1, -0.05) is 6.92 Å². The van der Waals surface area contributed by atoms with Crippen LogP contribution in [0.1, 0.15) is 18.2 Å². The largest absolute Gasteiger partial charge is 0.497 e. The lowest BCUT2D eigenvalue weighted by atomic mass is 10.2. The summed E-state index contributed by atoms with van der Waals surface area (Å²) in [7, 11) is 3.31. The van der Waals surface area contributed by atoms with Gasteiger partial charge in [0, 0.05) is 23.5 Å². The van der Waals surface area contributed by atoms with E-state index in [2.05, 4.69) is 16.5 Å². The number of aromatic amines is 1. The summed E-state index contributed by atoms with van der Waals surface area (Å²) in [4.78, 5) is 3.08. The van der Waals surface area contributed by atoms with Crippen LogP contribution >= 0.6 is 12.2 Å². The molecular weight excluding hydrogens is 260 g/mol. The van der Waals surface area contributed by atoms with Crippen molar-refractivity contribution in [3.63, 3.8) is 0 Å². The maximum absolute atomic E-state index is 5.41. The van der Waals surface area contributed by atoms with Gasteiger partial charge in [0.1, 0.15) is 11.5 Å². The highest BCUT2D eigenvalue weighted by atomic mass is 32.1. The number of hydrogen-bond acceptors (Lipinski definition) is 3. The summed E-state index contributed by atoms with van der Waals surface area (Å²) in [5.41, 5.74) is 2.26. The van der Waals surface area contributed by atoms with Crippen LogP contribution in [0, 0.1) is 4.77 Å². The Morgan fingerprint density at radius 2 is 2.05 bits per heavy atom. The second-order valence-electron chi connectivity index (χ2n) is 4.20. The fourth-order valence-electron chi connectivity index (χ4n) is 2.05. The van der Waals surface area contributed by atoms with Gasteiger partial charge in [-0.15, -0.1) is 0 Å². The fourth-order valence-corrected chi connectivity index (χ4v) is 2.29. The quantitative estimate of drug-likeness (QED) is 0.854. The second kappa shape index (κ2) is 5.93. The van der Waals surface area contributed by atoms with E-state index in [0.717, 1.165) is 28.3 Å². The molecule has 0 unspecified atom stereocenters. The molecule has 0 fully saturated rings. The van der Waals surface area contributed by atoms with E-state index >= 15 is 0 Å². The molecule has 0 saturated carbocycles. The normalized spacial score (nSPS) is 10.5. The van der Waals surface area contributed by atoms with Gasteiger partial charge in [-0.25, -0.2) is 0 Å². The number of ether oxygens (including phenoxy) is 2. The van der Waals surface area contributed by atoms with E-state index in [9.17, 15) is 0 Å². The summed E-state index contributed by atoms with van der Waals surface area (Å²) < 4.78 is 13.4. The van der Waals surface area contributed by atoms with Crippen molar-refractivity contribution in [3.05, 3.63) is 40.4 Å². The maximum Gasteiger partial charge on any atom is 0.177 e. The minimum Gasteiger partial charge on any atom is -0.497 e. The Labute approximate surface area is 118 Å². The van der Waals surface area contributed by atoms with Crippen molar-refractivity contribution in [2.24, 2.45) is 0 Å². The summed E-state index contributed by atoms with van der Waals surface area (Å²) >= 11 is 5.31. The third-order valence-electron chi connectivity index (χ3n) is 3.14. The van der Waals surface area contributed by atoms with Crippen molar-refractivity contribution in [2.45, 2.75) is 19.9 Å². The molecule has 0 spiro atoms. The molecule has 1 aromatic carbocycles.